The third-order valence-corrected chi connectivity index (χ3v) is 1.09. The van der Waals surface area contributed by atoms with Gasteiger partial charge in [-0.25, -0.2) is 5.48 Å². The minimum Gasteiger partial charge on any atom is -0.307 e. The lowest BCUT2D eigenvalue weighted by Gasteiger charge is -1.97. The maximum Gasteiger partial charge on any atom is 0.263 e. The van der Waals surface area contributed by atoms with E-state index in [0.29, 0.717) is 6.61 Å². The highest BCUT2D eigenvalue weighted by molar-refractivity contribution is 5.82. The molecule has 0 radical (unpaired) electrons. The summed E-state index contributed by atoms with van der Waals surface area (Å²) >= 11 is 0. The van der Waals surface area contributed by atoms with E-state index in [-0.39, 0.29) is 11.9 Å². The Labute approximate surface area is 47.2 Å². The zero-order valence-electron chi connectivity index (χ0n) is 4.60. The fourth-order valence-corrected chi connectivity index (χ4v) is 0.557. The number of hydroxylamine groups is 1. The largest absolute Gasteiger partial charge is 0.307 e. The van der Waals surface area contributed by atoms with Gasteiger partial charge >= 0.3 is 0 Å². The van der Waals surface area contributed by atoms with Gasteiger partial charge < -0.3 is 5.32 Å². The van der Waals surface area contributed by atoms with Crippen LogP contribution in [0.25, 0.3) is 0 Å². The highest BCUT2D eigenvalue weighted by atomic mass is 16.7. The lowest BCUT2D eigenvalue weighted by molar-refractivity contribution is -0.125. The Kier molecular flexibility index (Phi) is 1.45. The van der Waals surface area contributed by atoms with E-state index >= 15 is 0 Å². The number of hydrogen-bond acceptors (Lipinski definition) is 3. The summed E-state index contributed by atoms with van der Waals surface area (Å²) in [5.41, 5.74) is 2.22. The Bertz CT molecular complexity index is 104. The monoisotopic (exact) mass is 116 g/mol. The summed E-state index contributed by atoms with van der Waals surface area (Å²) in [5, 5.41) is 2.78. The second kappa shape index (κ2) is 2.11. The number of carbonyl (C=O) groups is 1. The summed E-state index contributed by atoms with van der Waals surface area (Å²) in [7, 11) is 1.72. The van der Waals surface area contributed by atoms with Crippen molar-refractivity contribution in [2.75, 3.05) is 13.7 Å². The molecule has 2 N–H and O–H groups in total. The van der Waals surface area contributed by atoms with Crippen LogP contribution in [0.2, 0.25) is 0 Å². The van der Waals surface area contributed by atoms with Gasteiger partial charge in [0.05, 0.1) is 6.61 Å². The summed E-state index contributed by atoms with van der Waals surface area (Å²) in [6.07, 6.45) is 0. The molecule has 0 spiro atoms. The minimum absolute atomic E-state index is 0.0903. The normalized spacial score (nSPS) is 28.1. The number of likely N-dealkylation sites (N-methyl/N-ethyl adjacent to an activating group) is 1. The Hall–Kier alpha value is -0.610. The molecule has 0 saturated carbocycles. The summed E-state index contributed by atoms with van der Waals surface area (Å²) < 4.78 is 0. The van der Waals surface area contributed by atoms with Crippen LogP contribution in [0, 0.1) is 0 Å². The molecule has 46 valence electrons. The first-order valence-corrected chi connectivity index (χ1v) is 2.43. The molecule has 0 aromatic rings. The number of carbonyl (C=O) groups excluding carboxylic acids is 1. The SMILES string of the molecule is CN[C@@H]1CONC1=O. The van der Waals surface area contributed by atoms with Gasteiger partial charge in [0.15, 0.2) is 0 Å². The maximum atomic E-state index is 10.5. The van der Waals surface area contributed by atoms with Crippen LogP contribution in [0.5, 0.6) is 0 Å². The molecular weight excluding hydrogens is 108 g/mol. The Morgan fingerprint density at radius 3 is 3.00 bits per heavy atom. The van der Waals surface area contributed by atoms with Crippen molar-refractivity contribution in [3.05, 3.63) is 0 Å². The smallest absolute Gasteiger partial charge is 0.263 e. The zero-order valence-corrected chi connectivity index (χ0v) is 4.60. The third-order valence-electron chi connectivity index (χ3n) is 1.09. The maximum absolute atomic E-state index is 10.5. The lowest BCUT2D eigenvalue weighted by atomic mass is 10.3. The van der Waals surface area contributed by atoms with Crippen molar-refractivity contribution in [2.45, 2.75) is 6.04 Å². The fourth-order valence-electron chi connectivity index (χ4n) is 0.557. The molecule has 4 nitrogen and oxygen atoms in total. The van der Waals surface area contributed by atoms with Gasteiger partial charge in [0, 0.05) is 0 Å². The van der Waals surface area contributed by atoms with Crippen molar-refractivity contribution in [3.63, 3.8) is 0 Å². The first-order chi connectivity index (χ1) is 3.84. The molecule has 1 aliphatic heterocycles. The molecule has 1 atom stereocenters. The molecule has 8 heavy (non-hydrogen) atoms. The van der Waals surface area contributed by atoms with E-state index in [0.717, 1.165) is 0 Å². The van der Waals surface area contributed by atoms with E-state index in [1.807, 2.05) is 0 Å². The van der Waals surface area contributed by atoms with Gasteiger partial charge in [-0.05, 0) is 7.05 Å². The molecule has 1 heterocycles. The van der Waals surface area contributed by atoms with Crippen LogP contribution in [0.1, 0.15) is 0 Å². The average Bonchev–Trinajstić information content (AvgIpc) is 2.14. The molecule has 0 unspecified atom stereocenters. The van der Waals surface area contributed by atoms with Crippen molar-refractivity contribution >= 4 is 5.91 Å². The zero-order chi connectivity index (χ0) is 5.98. The molecule has 0 bridgehead atoms. The van der Waals surface area contributed by atoms with Crippen LogP contribution in [-0.2, 0) is 9.63 Å². The van der Waals surface area contributed by atoms with Gasteiger partial charge in [-0.3, -0.25) is 9.63 Å². The molecule has 1 rings (SSSR count). The first kappa shape index (κ1) is 5.53. The average molecular weight is 116 g/mol. The van der Waals surface area contributed by atoms with Crippen molar-refractivity contribution in [3.8, 4) is 0 Å². The van der Waals surface area contributed by atoms with Crippen LogP contribution >= 0.6 is 0 Å². The summed E-state index contributed by atoms with van der Waals surface area (Å²) in [6, 6.07) is -0.157. The number of nitrogens with one attached hydrogen (secondary N) is 2. The van der Waals surface area contributed by atoms with Crippen LogP contribution in [0.4, 0.5) is 0 Å². The second-order valence-corrected chi connectivity index (χ2v) is 1.62. The van der Waals surface area contributed by atoms with Gasteiger partial charge in [0.2, 0.25) is 0 Å². The van der Waals surface area contributed by atoms with Crippen molar-refractivity contribution in [1.82, 2.24) is 10.8 Å². The molecule has 0 aliphatic carbocycles. The molecule has 1 amide bonds. The standard InChI is InChI=1S/C4H8N2O2/c1-5-3-2-8-6-4(3)7/h3,5H,2H2,1H3,(H,6,7)/t3-/m1/s1. The van der Waals surface area contributed by atoms with E-state index < -0.39 is 0 Å². The van der Waals surface area contributed by atoms with Crippen molar-refractivity contribution in [2.24, 2.45) is 0 Å². The molecule has 0 aromatic carbocycles. The van der Waals surface area contributed by atoms with Gasteiger partial charge in [-0.15, -0.1) is 0 Å². The second-order valence-electron chi connectivity index (χ2n) is 1.62. The van der Waals surface area contributed by atoms with Crippen LogP contribution < -0.4 is 10.8 Å². The van der Waals surface area contributed by atoms with Gasteiger partial charge in [-0.2, -0.15) is 0 Å². The lowest BCUT2D eigenvalue weighted by Crippen LogP contribution is -2.34. The third kappa shape index (κ3) is 0.801. The predicted octanol–water partition coefficient (Wildman–Crippen LogP) is -1.36. The summed E-state index contributed by atoms with van der Waals surface area (Å²) in [5.74, 6) is -0.0903. The minimum atomic E-state index is -0.157. The van der Waals surface area contributed by atoms with E-state index in [1.165, 1.54) is 0 Å². The molecule has 4 heteroatoms. The summed E-state index contributed by atoms with van der Waals surface area (Å²) in [4.78, 5) is 15.1. The van der Waals surface area contributed by atoms with Crippen LogP contribution in [0.3, 0.4) is 0 Å². The number of rotatable bonds is 1. The molecular formula is C4H8N2O2. The Morgan fingerprint density at radius 2 is 2.75 bits per heavy atom. The van der Waals surface area contributed by atoms with Crippen LogP contribution in [0.15, 0.2) is 0 Å². The van der Waals surface area contributed by atoms with E-state index in [1.54, 1.807) is 7.05 Å². The van der Waals surface area contributed by atoms with Crippen LogP contribution in [-0.4, -0.2) is 25.6 Å². The summed E-state index contributed by atoms with van der Waals surface area (Å²) in [6.45, 7) is 0.426. The van der Waals surface area contributed by atoms with Gasteiger partial charge in [-0.1, -0.05) is 0 Å². The first-order valence-electron chi connectivity index (χ1n) is 2.43. The van der Waals surface area contributed by atoms with Gasteiger partial charge in [0.1, 0.15) is 6.04 Å². The quantitative estimate of drug-likeness (QED) is 0.444. The predicted molar refractivity (Wildman–Crippen MR) is 26.9 cm³/mol. The Morgan fingerprint density at radius 1 is 2.00 bits per heavy atom. The van der Waals surface area contributed by atoms with E-state index in [2.05, 4.69) is 15.6 Å². The fraction of sp³-hybridized carbons (Fsp3) is 0.750. The van der Waals surface area contributed by atoms with Crippen molar-refractivity contribution in [1.29, 1.82) is 0 Å². The highest BCUT2D eigenvalue weighted by Crippen LogP contribution is 1.90. The Balaban J connectivity index is 2.42. The highest BCUT2D eigenvalue weighted by Gasteiger charge is 2.22. The number of amides is 1. The van der Waals surface area contributed by atoms with Gasteiger partial charge in [0.25, 0.3) is 5.91 Å². The number of hydrogen-bond donors (Lipinski definition) is 2. The molecule has 1 fully saturated rings. The molecule has 0 aromatic heterocycles. The topological polar surface area (TPSA) is 50.4 Å². The van der Waals surface area contributed by atoms with E-state index in [9.17, 15) is 4.79 Å². The van der Waals surface area contributed by atoms with E-state index in [4.69, 9.17) is 0 Å². The molecule has 1 aliphatic rings. The van der Waals surface area contributed by atoms with Crippen molar-refractivity contribution < 1.29 is 9.63 Å². The molecule has 1 saturated heterocycles.